The van der Waals surface area contributed by atoms with Crippen molar-refractivity contribution < 1.29 is 12.6 Å². The maximum Gasteiger partial charge on any atom is 0.309 e. The first kappa shape index (κ1) is 16.5. The van der Waals surface area contributed by atoms with Gasteiger partial charge in [0.1, 0.15) is 5.75 Å². The van der Waals surface area contributed by atoms with E-state index >= 15 is 0 Å². The van der Waals surface area contributed by atoms with Crippen LogP contribution in [0.2, 0.25) is 0 Å². The number of hydrogen-bond donors (Lipinski definition) is 0. The van der Waals surface area contributed by atoms with Crippen LogP contribution in [0, 0.1) is 5.92 Å². The monoisotopic (exact) mass is 358 g/mol. The molecule has 0 unspecified atom stereocenters. The predicted molar refractivity (Wildman–Crippen MR) is 95.1 cm³/mol. The Bertz CT molecular complexity index is 571. The average Bonchev–Trinajstić information content (AvgIpc) is 3.02. The Kier molecular flexibility index (Phi) is 5.63. The summed E-state index contributed by atoms with van der Waals surface area (Å²) in [7, 11) is -3.48. The van der Waals surface area contributed by atoms with Gasteiger partial charge in [-0.15, -0.1) is 23.5 Å². The van der Waals surface area contributed by atoms with Crippen molar-refractivity contribution in [3.63, 3.8) is 0 Å². The molecule has 0 bridgehead atoms. The van der Waals surface area contributed by atoms with Gasteiger partial charge in [0.15, 0.2) is 0 Å². The molecule has 6 heteroatoms. The van der Waals surface area contributed by atoms with E-state index in [2.05, 4.69) is 0 Å². The average molecular weight is 359 g/mol. The second-order valence-corrected chi connectivity index (χ2v) is 10.3. The first-order valence-electron chi connectivity index (χ1n) is 7.88. The highest BCUT2D eigenvalue weighted by molar-refractivity contribution is 8.19. The van der Waals surface area contributed by atoms with Crippen LogP contribution in [0.1, 0.15) is 42.2 Å². The summed E-state index contributed by atoms with van der Waals surface area (Å²) in [6, 6.07) is 7.54. The van der Waals surface area contributed by atoms with Crippen molar-refractivity contribution >= 4 is 33.6 Å². The Morgan fingerprint density at radius 3 is 2.27 bits per heavy atom. The SMILES string of the molecule is O=S(=O)(CC1CCCCC1)Oc1ccc(C2SCCS2)cc1. The van der Waals surface area contributed by atoms with Crippen LogP contribution < -0.4 is 4.18 Å². The van der Waals surface area contributed by atoms with Gasteiger partial charge in [-0.1, -0.05) is 31.4 Å². The molecule has 2 aliphatic rings. The maximum atomic E-state index is 12.2. The van der Waals surface area contributed by atoms with Gasteiger partial charge in [-0.2, -0.15) is 8.42 Å². The predicted octanol–water partition coefficient (Wildman–Crippen LogP) is 4.45. The zero-order valence-corrected chi connectivity index (χ0v) is 15.0. The van der Waals surface area contributed by atoms with Crippen LogP contribution in [0.15, 0.2) is 24.3 Å². The maximum absolute atomic E-state index is 12.2. The molecule has 0 spiro atoms. The molecule has 1 aromatic carbocycles. The van der Waals surface area contributed by atoms with Gasteiger partial charge in [-0.25, -0.2) is 0 Å². The molecule has 1 aliphatic heterocycles. The van der Waals surface area contributed by atoms with Gasteiger partial charge in [0.2, 0.25) is 0 Å². The topological polar surface area (TPSA) is 43.4 Å². The van der Waals surface area contributed by atoms with Crippen molar-refractivity contribution in [1.29, 1.82) is 0 Å². The molecule has 3 rings (SSSR count). The molecule has 1 saturated carbocycles. The van der Waals surface area contributed by atoms with Gasteiger partial charge in [-0.3, -0.25) is 0 Å². The van der Waals surface area contributed by atoms with Crippen LogP contribution in [0.5, 0.6) is 5.75 Å². The van der Waals surface area contributed by atoms with Crippen molar-refractivity contribution in [1.82, 2.24) is 0 Å². The second kappa shape index (κ2) is 7.49. The summed E-state index contributed by atoms with van der Waals surface area (Å²) in [5.41, 5.74) is 1.24. The minimum atomic E-state index is -3.48. The normalized spacial score (nSPS) is 21.1. The van der Waals surface area contributed by atoms with Gasteiger partial charge in [0.25, 0.3) is 0 Å². The molecule has 122 valence electrons. The van der Waals surface area contributed by atoms with Gasteiger partial charge >= 0.3 is 10.1 Å². The van der Waals surface area contributed by atoms with Crippen LogP contribution in [0.4, 0.5) is 0 Å². The summed E-state index contributed by atoms with van der Waals surface area (Å²) in [4.78, 5) is 0. The summed E-state index contributed by atoms with van der Waals surface area (Å²) in [5, 5.41) is 0. The molecule has 22 heavy (non-hydrogen) atoms. The fourth-order valence-electron chi connectivity index (χ4n) is 3.05. The van der Waals surface area contributed by atoms with Crippen LogP contribution in [0.3, 0.4) is 0 Å². The quantitative estimate of drug-likeness (QED) is 0.727. The molecule has 1 heterocycles. The molecule has 1 aliphatic carbocycles. The van der Waals surface area contributed by atoms with Crippen LogP contribution in [-0.2, 0) is 10.1 Å². The first-order chi connectivity index (χ1) is 10.6. The van der Waals surface area contributed by atoms with Crippen molar-refractivity contribution in [2.45, 2.75) is 36.7 Å². The molecule has 0 atom stereocenters. The Balaban J connectivity index is 1.59. The Labute approximate surface area is 141 Å². The third-order valence-corrected chi connectivity index (χ3v) is 8.59. The zero-order valence-electron chi connectivity index (χ0n) is 12.6. The molecule has 0 N–H and O–H groups in total. The fourth-order valence-corrected chi connectivity index (χ4v) is 7.30. The highest BCUT2D eigenvalue weighted by atomic mass is 32.2. The molecule has 1 aromatic rings. The Morgan fingerprint density at radius 2 is 1.64 bits per heavy atom. The minimum Gasteiger partial charge on any atom is -0.382 e. The second-order valence-electron chi connectivity index (χ2n) is 5.95. The van der Waals surface area contributed by atoms with E-state index in [-0.39, 0.29) is 11.7 Å². The zero-order chi connectivity index (χ0) is 15.4. The fraction of sp³-hybridized carbons (Fsp3) is 0.625. The van der Waals surface area contributed by atoms with E-state index in [1.165, 1.54) is 23.5 Å². The van der Waals surface area contributed by atoms with E-state index < -0.39 is 10.1 Å². The Morgan fingerprint density at radius 1 is 1.00 bits per heavy atom. The lowest BCUT2D eigenvalue weighted by Gasteiger charge is -2.21. The smallest absolute Gasteiger partial charge is 0.309 e. The lowest BCUT2D eigenvalue weighted by atomic mass is 9.91. The summed E-state index contributed by atoms with van der Waals surface area (Å²) in [6.45, 7) is 0. The largest absolute Gasteiger partial charge is 0.382 e. The Hall–Kier alpha value is -0.330. The summed E-state index contributed by atoms with van der Waals surface area (Å²) >= 11 is 3.88. The number of hydrogen-bond acceptors (Lipinski definition) is 5. The van der Waals surface area contributed by atoms with E-state index in [0.717, 1.165) is 25.7 Å². The van der Waals surface area contributed by atoms with Crippen molar-refractivity contribution in [2.24, 2.45) is 5.92 Å². The molecular formula is C16H22O3S3. The van der Waals surface area contributed by atoms with E-state index in [1.807, 2.05) is 35.7 Å². The van der Waals surface area contributed by atoms with Gasteiger partial charge in [0, 0.05) is 11.5 Å². The molecular weight excluding hydrogens is 336 g/mol. The molecule has 2 fully saturated rings. The van der Waals surface area contributed by atoms with Gasteiger partial charge < -0.3 is 4.18 Å². The molecule has 1 saturated heterocycles. The van der Waals surface area contributed by atoms with E-state index in [0.29, 0.717) is 10.3 Å². The van der Waals surface area contributed by atoms with E-state index in [1.54, 1.807) is 12.1 Å². The lowest BCUT2D eigenvalue weighted by molar-refractivity contribution is 0.375. The molecule has 0 aromatic heterocycles. The highest BCUT2D eigenvalue weighted by Gasteiger charge is 2.23. The number of thioether (sulfide) groups is 2. The standard InChI is InChI=1S/C16H22O3S3/c17-22(18,12-13-4-2-1-3-5-13)19-15-8-6-14(7-9-15)16-20-10-11-21-16/h6-9,13,16H,1-5,10-12H2. The third kappa shape index (κ3) is 4.59. The van der Waals surface area contributed by atoms with E-state index in [9.17, 15) is 8.42 Å². The summed E-state index contributed by atoms with van der Waals surface area (Å²) in [6.07, 6.45) is 5.54. The van der Waals surface area contributed by atoms with Crippen molar-refractivity contribution in [3.8, 4) is 5.75 Å². The number of rotatable bonds is 5. The summed E-state index contributed by atoms with van der Waals surface area (Å²) in [5.74, 6) is 3.23. The first-order valence-corrected chi connectivity index (χ1v) is 11.6. The summed E-state index contributed by atoms with van der Waals surface area (Å²) < 4.78 is 30.1. The lowest BCUT2D eigenvalue weighted by Crippen LogP contribution is -2.22. The van der Waals surface area contributed by atoms with Crippen LogP contribution in [0.25, 0.3) is 0 Å². The van der Waals surface area contributed by atoms with Crippen LogP contribution in [-0.4, -0.2) is 25.7 Å². The molecule has 3 nitrogen and oxygen atoms in total. The van der Waals surface area contributed by atoms with Crippen molar-refractivity contribution in [2.75, 3.05) is 17.3 Å². The van der Waals surface area contributed by atoms with Gasteiger partial charge in [0.05, 0.1) is 10.3 Å². The van der Waals surface area contributed by atoms with Crippen molar-refractivity contribution in [3.05, 3.63) is 29.8 Å². The third-order valence-electron chi connectivity index (χ3n) is 4.16. The minimum absolute atomic E-state index is 0.156. The van der Waals surface area contributed by atoms with E-state index in [4.69, 9.17) is 4.18 Å². The van der Waals surface area contributed by atoms with Crippen LogP contribution >= 0.6 is 23.5 Å². The molecule has 0 amide bonds. The number of benzene rings is 1. The highest BCUT2D eigenvalue weighted by Crippen LogP contribution is 2.45. The molecule has 0 radical (unpaired) electrons. The van der Waals surface area contributed by atoms with Gasteiger partial charge in [-0.05, 0) is 36.5 Å².